The monoisotopic (exact) mass is 336 g/mol. The fraction of sp³-hybridized carbons (Fsp3) is 0.333. The number of halogens is 2. The molecule has 1 N–H and O–H groups in total. The molecule has 0 bridgehead atoms. The van der Waals surface area contributed by atoms with Crippen molar-refractivity contribution in [2.75, 3.05) is 0 Å². The minimum Gasteiger partial charge on any atom is -0.388 e. The first kappa shape index (κ1) is 13.0. The molecule has 1 rings (SSSR count). The highest BCUT2D eigenvalue weighted by Gasteiger charge is 2.10. The SMILES string of the molecule is C=CCCCC(O)c1cc(Cl)ccc1I. The molecule has 3 heteroatoms. The van der Waals surface area contributed by atoms with Crippen LogP contribution in [0.2, 0.25) is 5.02 Å². The Morgan fingerprint density at radius 2 is 2.27 bits per heavy atom. The molecule has 0 aromatic heterocycles. The van der Waals surface area contributed by atoms with Gasteiger partial charge in [0.1, 0.15) is 0 Å². The van der Waals surface area contributed by atoms with Crippen molar-refractivity contribution in [2.24, 2.45) is 0 Å². The molecule has 0 heterocycles. The number of aliphatic hydroxyl groups is 1. The van der Waals surface area contributed by atoms with Crippen molar-refractivity contribution in [3.63, 3.8) is 0 Å². The van der Waals surface area contributed by atoms with E-state index in [-0.39, 0.29) is 0 Å². The lowest BCUT2D eigenvalue weighted by Crippen LogP contribution is -1.99. The maximum atomic E-state index is 9.95. The van der Waals surface area contributed by atoms with Gasteiger partial charge < -0.3 is 5.11 Å². The van der Waals surface area contributed by atoms with Crippen LogP contribution in [-0.4, -0.2) is 5.11 Å². The van der Waals surface area contributed by atoms with Crippen LogP contribution in [0.5, 0.6) is 0 Å². The number of hydrogen-bond donors (Lipinski definition) is 1. The van der Waals surface area contributed by atoms with Crippen molar-refractivity contribution < 1.29 is 5.11 Å². The summed E-state index contributed by atoms with van der Waals surface area (Å²) in [5.41, 5.74) is 0.923. The molecule has 1 atom stereocenters. The highest BCUT2D eigenvalue weighted by atomic mass is 127. The molecular formula is C12H14ClIO. The van der Waals surface area contributed by atoms with Gasteiger partial charge in [0.2, 0.25) is 0 Å². The van der Waals surface area contributed by atoms with E-state index in [9.17, 15) is 5.11 Å². The average Bonchev–Trinajstić information content (AvgIpc) is 2.22. The molecule has 0 saturated carbocycles. The zero-order valence-electron chi connectivity index (χ0n) is 8.42. The lowest BCUT2D eigenvalue weighted by Gasteiger charge is -2.12. The van der Waals surface area contributed by atoms with Gasteiger partial charge >= 0.3 is 0 Å². The van der Waals surface area contributed by atoms with Gasteiger partial charge in [-0.25, -0.2) is 0 Å². The molecule has 0 fully saturated rings. The van der Waals surface area contributed by atoms with Gasteiger partial charge in [0.05, 0.1) is 6.10 Å². The van der Waals surface area contributed by atoms with Crippen molar-refractivity contribution in [2.45, 2.75) is 25.4 Å². The quantitative estimate of drug-likeness (QED) is 0.482. The van der Waals surface area contributed by atoms with Gasteiger partial charge in [0.25, 0.3) is 0 Å². The van der Waals surface area contributed by atoms with Crippen molar-refractivity contribution in [3.05, 3.63) is 45.0 Å². The smallest absolute Gasteiger partial charge is 0.0800 e. The molecule has 0 aliphatic carbocycles. The van der Waals surface area contributed by atoms with Crippen LogP contribution >= 0.6 is 34.2 Å². The highest BCUT2D eigenvalue weighted by molar-refractivity contribution is 14.1. The summed E-state index contributed by atoms with van der Waals surface area (Å²) < 4.78 is 1.06. The van der Waals surface area contributed by atoms with Crippen molar-refractivity contribution >= 4 is 34.2 Å². The summed E-state index contributed by atoms with van der Waals surface area (Å²) in [5, 5.41) is 10.6. The minimum atomic E-state index is -0.421. The predicted molar refractivity (Wildman–Crippen MR) is 73.2 cm³/mol. The molecular weight excluding hydrogens is 322 g/mol. The largest absolute Gasteiger partial charge is 0.388 e. The molecule has 0 amide bonds. The summed E-state index contributed by atoms with van der Waals surface area (Å²) in [6, 6.07) is 5.60. The summed E-state index contributed by atoms with van der Waals surface area (Å²) in [4.78, 5) is 0. The minimum absolute atomic E-state index is 0.421. The second-order valence-electron chi connectivity index (χ2n) is 3.40. The number of allylic oxidation sites excluding steroid dienone is 1. The molecule has 0 aliphatic rings. The van der Waals surface area contributed by atoms with Crippen LogP contribution < -0.4 is 0 Å². The number of unbranched alkanes of at least 4 members (excludes halogenated alkanes) is 1. The zero-order chi connectivity index (χ0) is 11.3. The van der Waals surface area contributed by atoms with Crippen LogP contribution in [0.15, 0.2) is 30.9 Å². The first-order chi connectivity index (χ1) is 7.15. The number of benzene rings is 1. The van der Waals surface area contributed by atoms with Crippen LogP contribution in [0.1, 0.15) is 30.9 Å². The zero-order valence-corrected chi connectivity index (χ0v) is 11.3. The average molecular weight is 337 g/mol. The Morgan fingerprint density at radius 1 is 1.53 bits per heavy atom. The summed E-state index contributed by atoms with van der Waals surface area (Å²) in [7, 11) is 0. The van der Waals surface area contributed by atoms with E-state index in [1.165, 1.54) is 0 Å². The Hall–Kier alpha value is -0.0600. The van der Waals surface area contributed by atoms with Gasteiger partial charge in [-0.15, -0.1) is 6.58 Å². The topological polar surface area (TPSA) is 20.2 Å². The first-order valence-electron chi connectivity index (χ1n) is 4.89. The van der Waals surface area contributed by atoms with Crippen LogP contribution in [0.25, 0.3) is 0 Å². The predicted octanol–water partition coefficient (Wildman–Crippen LogP) is 4.33. The van der Waals surface area contributed by atoms with E-state index in [2.05, 4.69) is 29.2 Å². The molecule has 1 aromatic carbocycles. The molecule has 0 aliphatic heterocycles. The van der Waals surface area contributed by atoms with Gasteiger partial charge in [-0.05, 0) is 65.6 Å². The van der Waals surface area contributed by atoms with Gasteiger partial charge in [-0.1, -0.05) is 17.7 Å². The molecule has 1 nitrogen and oxygen atoms in total. The Bertz CT molecular complexity index is 338. The molecule has 15 heavy (non-hydrogen) atoms. The van der Waals surface area contributed by atoms with Crippen molar-refractivity contribution in [1.82, 2.24) is 0 Å². The summed E-state index contributed by atoms with van der Waals surface area (Å²) in [6.45, 7) is 3.66. The number of aliphatic hydroxyl groups excluding tert-OH is 1. The van der Waals surface area contributed by atoms with Gasteiger partial charge in [-0.2, -0.15) is 0 Å². The third-order valence-corrected chi connectivity index (χ3v) is 3.42. The third kappa shape index (κ3) is 4.13. The molecule has 82 valence electrons. The molecule has 0 spiro atoms. The second-order valence-corrected chi connectivity index (χ2v) is 5.00. The Balaban J connectivity index is 2.67. The van der Waals surface area contributed by atoms with Crippen molar-refractivity contribution in [3.8, 4) is 0 Å². The summed E-state index contributed by atoms with van der Waals surface area (Å²) in [6.07, 6.45) is 4.09. The van der Waals surface area contributed by atoms with Crippen LogP contribution in [0.3, 0.4) is 0 Å². The Morgan fingerprint density at radius 3 is 2.93 bits per heavy atom. The van der Waals surface area contributed by atoms with Crippen LogP contribution in [0.4, 0.5) is 0 Å². The fourth-order valence-corrected chi connectivity index (χ4v) is 2.26. The molecule has 1 unspecified atom stereocenters. The lowest BCUT2D eigenvalue weighted by atomic mass is 10.0. The van der Waals surface area contributed by atoms with Gasteiger partial charge in [-0.3, -0.25) is 0 Å². The standard InChI is InChI=1S/C12H14ClIO/c1-2-3-4-5-12(15)10-8-9(13)6-7-11(10)14/h2,6-8,12,15H,1,3-5H2. The number of hydrogen-bond acceptors (Lipinski definition) is 1. The van der Waals surface area contributed by atoms with E-state index in [0.717, 1.165) is 28.4 Å². The normalized spacial score (nSPS) is 12.5. The molecule has 0 saturated heterocycles. The van der Waals surface area contributed by atoms with Crippen molar-refractivity contribution in [1.29, 1.82) is 0 Å². The summed E-state index contributed by atoms with van der Waals surface area (Å²) in [5.74, 6) is 0. The van der Waals surface area contributed by atoms with Crippen LogP contribution in [0, 0.1) is 3.57 Å². The van der Waals surface area contributed by atoms with E-state index in [1.807, 2.05) is 24.3 Å². The van der Waals surface area contributed by atoms with E-state index >= 15 is 0 Å². The van der Waals surface area contributed by atoms with E-state index in [4.69, 9.17) is 11.6 Å². The maximum Gasteiger partial charge on any atom is 0.0800 e. The van der Waals surface area contributed by atoms with E-state index < -0.39 is 6.10 Å². The van der Waals surface area contributed by atoms with Gasteiger partial charge in [0, 0.05) is 8.59 Å². The fourth-order valence-electron chi connectivity index (χ4n) is 1.38. The van der Waals surface area contributed by atoms with E-state index in [1.54, 1.807) is 0 Å². The third-order valence-electron chi connectivity index (χ3n) is 2.20. The maximum absolute atomic E-state index is 9.95. The summed E-state index contributed by atoms with van der Waals surface area (Å²) >= 11 is 8.11. The highest BCUT2D eigenvalue weighted by Crippen LogP contribution is 2.26. The first-order valence-corrected chi connectivity index (χ1v) is 6.34. The molecule has 0 radical (unpaired) electrons. The van der Waals surface area contributed by atoms with Gasteiger partial charge in [0.15, 0.2) is 0 Å². The second kappa shape index (κ2) is 6.51. The van der Waals surface area contributed by atoms with Crippen LogP contribution in [-0.2, 0) is 0 Å². The Kier molecular flexibility index (Phi) is 5.64. The molecule has 1 aromatic rings. The number of rotatable bonds is 5. The van der Waals surface area contributed by atoms with E-state index in [0.29, 0.717) is 5.02 Å². The lowest BCUT2D eigenvalue weighted by molar-refractivity contribution is 0.164. The Labute approximate surface area is 109 Å².